The first kappa shape index (κ1) is 13.9. The monoisotopic (exact) mass is 275 g/mol. The lowest BCUT2D eigenvalue weighted by atomic mass is 10.1. The summed E-state index contributed by atoms with van der Waals surface area (Å²) in [4.78, 5) is 0. The van der Waals surface area contributed by atoms with E-state index in [-0.39, 0.29) is 0 Å². The van der Waals surface area contributed by atoms with Crippen LogP contribution in [0.25, 0.3) is 0 Å². The third kappa shape index (κ3) is 3.98. The Balaban J connectivity index is 1.93. The van der Waals surface area contributed by atoms with E-state index >= 15 is 0 Å². The zero-order valence-corrected chi connectivity index (χ0v) is 11.9. The SMILES string of the molecule is COc1ccc([C@@H](C)NCc2ccc(Cl)cc2)cc1. The van der Waals surface area contributed by atoms with Gasteiger partial charge in [0.05, 0.1) is 7.11 Å². The summed E-state index contributed by atoms with van der Waals surface area (Å²) in [5, 5.41) is 4.26. The zero-order chi connectivity index (χ0) is 13.7. The molecular weight excluding hydrogens is 258 g/mol. The van der Waals surface area contributed by atoms with Gasteiger partial charge in [0.1, 0.15) is 5.75 Å². The molecule has 0 unspecified atom stereocenters. The molecule has 0 heterocycles. The predicted octanol–water partition coefficient (Wildman–Crippen LogP) is 4.20. The summed E-state index contributed by atoms with van der Waals surface area (Å²) in [5.74, 6) is 0.883. The summed E-state index contributed by atoms with van der Waals surface area (Å²) in [6.45, 7) is 2.97. The van der Waals surface area contributed by atoms with Gasteiger partial charge in [0.25, 0.3) is 0 Å². The van der Waals surface area contributed by atoms with E-state index in [0.29, 0.717) is 6.04 Å². The first-order valence-electron chi connectivity index (χ1n) is 6.31. The van der Waals surface area contributed by atoms with Crippen molar-refractivity contribution < 1.29 is 4.74 Å². The second-order valence-corrected chi connectivity index (χ2v) is 4.94. The highest BCUT2D eigenvalue weighted by Gasteiger charge is 2.04. The summed E-state index contributed by atoms with van der Waals surface area (Å²) < 4.78 is 5.16. The number of ether oxygens (including phenoxy) is 1. The number of halogens is 1. The number of rotatable bonds is 5. The maximum atomic E-state index is 5.87. The average molecular weight is 276 g/mol. The molecule has 0 aromatic heterocycles. The third-order valence-corrected chi connectivity index (χ3v) is 3.39. The molecule has 0 aliphatic carbocycles. The quantitative estimate of drug-likeness (QED) is 0.883. The van der Waals surface area contributed by atoms with Crippen LogP contribution < -0.4 is 10.1 Å². The third-order valence-electron chi connectivity index (χ3n) is 3.14. The van der Waals surface area contributed by atoms with Crippen LogP contribution in [0.4, 0.5) is 0 Å². The summed E-state index contributed by atoms with van der Waals surface area (Å²) in [6.07, 6.45) is 0. The molecule has 3 heteroatoms. The molecule has 1 atom stereocenters. The molecule has 0 radical (unpaired) electrons. The summed E-state index contributed by atoms with van der Waals surface area (Å²) in [6, 6.07) is 16.3. The zero-order valence-electron chi connectivity index (χ0n) is 11.2. The second kappa shape index (κ2) is 6.60. The standard InChI is InChI=1S/C16H18ClNO/c1-12(14-5-9-16(19-2)10-6-14)18-11-13-3-7-15(17)8-4-13/h3-10,12,18H,11H2,1-2H3/t12-/m1/s1. The van der Waals surface area contributed by atoms with E-state index in [0.717, 1.165) is 17.3 Å². The molecule has 0 fully saturated rings. The van der Waals surface area contributed by atoms with E-state index in [1.165, 1.54) is 11.1 Å². The smallest absolute Gasteiger partial charge is 0.118 e. The van der Waals surface area contributed by atoms with Crippen LogP contribution in [0.2, 0.25) is 5.02 Å². The van der Waals surface area contributed by atoms with Crippen LogP contribution in [0.1, 0.15) is 24.1 Å². The Bertz CT molecular complexity index is 507. The first-order valence-corrected chi connectivity index (χ1v) is 6.68. The summed E-state index contributed by atoms with van der Waals surface area (Å²) in [5.41, 5.74) is 2.47. The summed E-state index contributed by atoms with van der Waals surface area (Å²) in [7, 11) is 1.68. The number of nitrogens with one attached hydrogen (secondary N) is 1. The lowest BCUT2D eigenvalue weighted by Crippen LogP contribution is -2.17. The molecule has 2 aromatic rings. The van der Waals surface area contributed by atoms with Crippen molar-refractivity contribution in [3.63, 3.8) is 0 Å². The van der Waals surface area contributed by atoms with Crippen LogP contribution in [-0.2, 0) is 6.54 Å². The van der Waals surface area contributed by atoms with Crippen LogP contribution in [0.3, 0.4) is 0 Å². The molecule has 0 spiro atoms. The molecule has 2 rings (SSSR count). The molecule has 0 aliphatic rings. The van der Waals surface area contributed by atoms with Crippen molar-refractivity contribution in [2.75, 3.05) is 7.11 Å². The van der Waals surface area contributed by atoms with E-state index in [1.54, 1.807) is 7.11 Å². The minimum absolute atomic E-state index is 0.293. The Hall–Kier alpha value is -1.51. The molecule has 100 valence electrons. The molecular formula is C16H18ClNO. The molecule has 0 amide bonds. The fourth-order valence-corrected chi connectivity index (χ4v) is 2.01. The number of hydrogen-bond acceptors (Lipinski definition) is 2. The highest BCUT2D eigenvalue weighted by atomic mass is 35.5. The molecule has 0 saturated carbocycles. The average Bonchev–Trinajstić information content (AvgIpc) is 2.46. The van der Waals surface area contributed by atoms with E-state index in [1.807, 2.05) is 36.4 Å². The van der Waals surface area contributed by atoms with Gasteiger partial charge in [0, 0.05) is 17.6 Å². The van der Waals surface area contributed by atoms with Crippen LogP contribution in [-0.4, -0.2) is 7.11 Å². The van der Waals surface area contributed by atoms with E-state index in [2.05, 4.69) is 24.4 Å². The van der Waals surface area contributed by atoms with Gasteiger partial charge in [0.2, 0.25) is 0 Å². The Labute approximate surface area is 119 Å². The van der Waals surface area contributed by atoms with Crippen LogP contribution >= 0.6 is 11.6 Å². The number of benzene rings is 2. The highest BCUT2D eigenvalue weighted by molar-refractivity contribution is 6.30. The van der Waals surface area contributed by atoms with Crippen molar-refractivity contribution >= 4 is 11.6 Å². The Morgan fingerprint density at radius 2 is 1.68 bits per heavy atom. The molecule has 0 bridgehead atoms. The number of methoxy groups -OCH3 is 1. The van der Waals surface area contributed by atoms with Gasteiger partial charge in [-0.25, -0.2) is 0 Å². The van der Waals surface area contributed by atoms with Crippen molar-refractivity contribution in [3.05, 3.63) is 64.7 Å². The largest absolute Gasteiger partial charge is 0.497 e. The van der Waals surface area contributed by atoms with Gasteiger partial charge in [-0.3, -0.25) is 0 Å². The molecule has 1 N–H and O–H groups in total. The van der Waals surface area contributed by atoms with Crippen LogP contribution in [0.15, 0.2) is 48.5 Å². The lowest BCUT2D eigenvalue weighted by molar-refractivity contribution is 0.414. The van der Waals surface area contributed by atoms with E-state index in [9.17, 15) is 0 Å². The molecule has 2 nitrogen and oxygen atoms in total. The van der Waals surface area contributed by atoms with E-state index < -0.39 is 0 Å². The van der Waals surface area contributed by atoms with Gasteiger partial charge in [-0.1, -0.05) is 35.9 Å². The highest BCUT2D eigenvalue weighted by Crippen LogP contribution is 2.18. The van der Waals surface area contributed by atoms with Crippen molar-refractivity contribution in [1.29, 1.82) is 0 Å². The van der Waals surface area contributed by atoms with Gasteiger partial charge in [-0.2, -0.15) is 0 Å². The minimum atomic E-state index is 0.293. The second-order valence-electron chi connectivity index (χ2n) is 4.50. The topological polar surface area (TPSA) is 21.3 Å². The van der Waals surface area contributed by atoms with Crippen molar-refractivity contribution in [2.24, 2.45) is 0 Å². The minimum Gasteiger partial charge on any atom is -0.497 e. The fourth-order valence-electron chi connectivity index (χ4n) is 1.88. The van der Waals surface area contributed by atoms with Gasteiger partial charge < -0.3 is 10.1 Å². The van der Waals surface area contributed by atoms with Crippen LogP contribution in [0, 0.1) is 0 Å². The van der Waals surface area contributed by atoms with Crippen LogP contribution in [0.5, 0.6) is 5.75 Å². The Kier molecular flexibility index (Phi) is 4.83. The maximum absolute atomic E-state index is 5.87. The lowest BCUT2D eigenvalue weighted by Gasteiger charge is -2.14. The summed E-state index contributed by atoms with van der Waals surface area (Å²) >= 11 is 5.87. The predicted molar refractivity (Wildman–Crippen MR) is 79.7 cm³/mol. The Morgan fingerprint density at radius 1 is 1.05 bits per heavy atom. The van der Waals surface area contributed by atoms with Gasteiger partial charge in [-0.05, 0) is 42.3 Å². The first-order chi connectivity index (χ1) is 9.19. The Morgan fingerprint density at radius 3 is 2.26 bits per heavy atom. The van der Waals surface area contributed by atoms with Crippen molar-refractivity contribution in [2.45, 2.75) is 19.5 Å². The van der Waals surface area contributed by atoms with Gasteiger partial charge >= 0.3 is 0 Å². The van der Waals surface area contributed by atoms with Crippen molar-refractivity contribution in [3.8, 4) is 5.75 Å². The molecule has 19 heavy (non-hydrogen) atoms. The fraction of sp³-hybridized carbons (Fsp3) is 0.250. The normalized spacial score (nSPS) is 12.2. The van der Waals surface area contributed by atoms with E-state index in [4.69, 9.17) is 16.3 Å². The molecule has 2 aromatic carbocycles. The molecule has 0 saturated heterocycles. The van der Waals surface area contributed by atoms with Gasteiger partial charge in [0.15, 0.2) is 0 Å². The maximum Gasteiger partial charge on any atom is 0.118 e. The van der Waals surface area contributed by atoms with Gasteiger partial charge in [-0.15, -0.1) is 0 Å². The number of hydrogen-bond donors (Lipinski definition) is 1. The van der Waals surface area contributed by atoms with Crippen molar-refractivity contribution in [1.82, 2.24) is 5.32 Å². The molecule has 0 aliphatic heterocycles.